The summed E-state index contributed by atoms with van der Waals surface area (Å²) in [7, 11) is 0. The number of carbonyl (C=O) groups excluding carboxylic acids is 1. The Kier molecular flexibility index (Phi) is 8.38. The zero-order valence-electron chi connectivity index (χ0n) is 22.6. The fraction of sp³-hybridized carbons (Fsp3) is 0.310. The van der Waals surface area contributed by atoms with Crippen LogP contribution < -0.4 is 15.8 Å². The summed E-state index contributed by atoms with van der Waals surface area (Å²) in [4.78, 5) is 27.3. The van der Waals surface area contributed by atoms with Crippen LogP contribution in [0.1, 0.15) is 44.7 Å². The van der Waals surface area contributed by atoms with Gasteiger partial charge in [-0.2, -0.15) is 5.26 Å². The minimum atomic E-state index is -0.511. The normalized spacial score (nSPS) is 15.7. The van der Waals surface area contributed by atoms with Crippen molar-refractivity contribution in [2.24, 2.45) is 5.41 Å². The maximum absolute atomic E-state index is 13.9. The molecule has 3 aromatic rings. The topological polar surface area (TPSA) is 154 Å². The Morgan fingerprint density at radius 2 is 2.02 bits per heavy atom. The van der Waals surface area contributed by atoms with E-state index in [0.29, 0.717) is 30.0 Å². The molecular formula is C29H31FN8O2. The van der Waals surface area contributed by atoms with E-state index in [0.717, 1.165) is 12.8 Å². The van der Waals surface area contributed by atoms with Gasteiger partial charge in [0.2, 0.25) is 5.88 Å². The molecule has 3 heterocycles. The molecule has 1 unspecified atom stereocenters. The highest BCUT2D eigenvalue weighted by molar-refractivity contribution is 6.16. The van der Waals surface area contributed by atoms with Crippen molar-refractivity contribution in [3.8, 4) is 17.7 Å². The Labute approximate surface area is 232 Å². The molecule has 1 amide bonds. The monoisotopic (exact) mass is 542 g/mol. The highest BCUT2D eigenvalue weighted by Gasteiger charge is 2.28. The van der Waals surface area contributed by atoms with Crippen molar-refractivity contribution >= 4 is 23.3 Å². The maximum Gasteiger partial charge on any atom is 0.264 e. The number of nitrogens with two attached hydrogens (primary N) is 1. The number of nitrogen functional groups attached to an aromatic ring is 1. The molecule has 1 aliphatic heterocycles. The predicted molar refractivity (Wildman–Crippen MR) is 149 cm³/mol. The van der Waals surface area contributed by atoms with Crippen LogP contribution in [0.25, 0.3) is 0 Å². The molecule has 0 spiro atoms. The first-order valence-corrected chi connectivity index (χ1v) is 12.8. The number of hydrogen-bond donors (Lipinski definition) is 3. The zero-order valence-corrected chi connectivity index (χ0v) is 22.6. The van der Waals surface area contributed by atoms with Crippen molar-refractivity contribution in [2.75, 3.05) is 24.1 Å². The number of piperidine rings is 1. The van der Waals surface area contributed by atoms with Crippen LogP contribution in [-0.2, 0) is 4.79 Å². The van der Waals surface area contributed by atoms with E-state index < -0.39 is 5.82 Å². The summed E-state index contributed by atoms with van der Waals surface area (Å²) in [6.45, 7) is 6.72. The summed E-state index contributed by atoms with van der Waals surface area (Å²) in [5.74, 6) is -0.139. The SMILES string of the molecule is CC(C)(C)/C=C(\C#N)C(=O)N1CCCC(Nc2ncnc(N)c2C(=N)c2ccc(Oc3ccccc3F)nc2)C1. The lowest BCUT2D eigenvalue weighted by Crippen LogP contribution is -2.46. The van der Waals surface area contributed by atoms with Crippen molar-refractivity contribution in [2.45, 2.75) is 39.7 Å². The Balaban J connectivity index is 1.51. The van der Waals surface area contributed by atoms with Crippen LogP contribution in [0.15, 0.2) is 60.6 Å². The standard InChI is InChI=1S/C29H31FN8O2/c1-29(2,3)13-19(14-31)28(39)38-12-6-7-20(16-38)37-27-24(26(33)35-17-36-27)25(32)18-10-11-23(34-15-18)40-22-9-5-4-8-21(22)30/h4-5,8-11,13,15,17,20,32H,6-7,12,16H2,1-3H3,(H3,33,35,36,37)/b19-13+,32-25?. The molecule has 1 aromatic carbocycles. The second kappa shape index (κ2) is 11.9. The van der Waals surface area contributed by atoms with E-state index in [1.54, 1.807) is 29.2 Å². The second-order valence-corrected chi connectivity index (χ2v) is 10.5. The van der Waals surface area contributed by atoms with Crippen LogP contribution in [-0.4, -0.2) is 50.6 Å². The first-order chi connectivity index (χ1) is 19.1. The van der Waals surface area contributed by atoms with Crippen molar-refractivity contribution in [1.29, 1.82) is 10.7 Å². The number of amides is 1. The fourth-order valence-electron chi connectivity index (χ4n) is 4.35. The van der Waals surface area contributed by atoms with E-state index in [-0.39, 0.29) is 46.1 Å². The highest BCUT2D eigenvalue weighted by Crippen LogP contribution is 2.27. The number of halogens is 1. The number of likely N-dealkylation sites (tertiary alicyclic amines) is 1. The van der Waals surface area contributed by atoms with E-state index in [1.165, 1.54) is 30.7 Å². The molecule has 1 saturated heterocycles. The number of hydrogen-bond acceptors (Lipinski definition) is 9. The number of para-hydroxylation sites is 1. The first kappa shape index (κ1) is 28.2. The van der Waals surface area contributed by atoms with Crippen molar-refractivity contribution in [1.82, 2.24) is 19.9 Å². The van der Waals surface area contributed by atoms with Gasteiger partial charge in [0.05, 0.1) is 11.3 Å². The quantitative estimate of drug-likeness (QED) is 0.221. The summed E-state index contributed by atoms with van der Waals surface area (Å²) in [5, 5.41) is 21.7. The molecule has 4 rings (SSSR count). The van der Waals surface area contributed by atoms with E-state index in [4.69, 9.17) is 15.9 Å². The van der Waals surface area contributed by atoms with E-state index in [1.807, 2.05) is 26.8 Å². The number of nitrogens with zero attached hydrogens (tertiary/aromatic N) is 5. The number of ether oxygens (including phenoxy) is 1. The molecule has 40 heavy (non-hydrogen) atoms. The molecule has 1 aliphatic rings. The molecule has 1 atom stereocenters. The third-order valence-corrected chi connectivity index (χ3v) is 6.18. The van der Waals surface area contributed by atoms with E-state index in [9.17, 15) is 14.4 Å². The van der Waals surface area contributed by atoms with Crippen molar-refractivity contribution in [3.05, 3.63) is 77.5 Å². The smallest absolute Gasteiger partial charge is 0.264 e. The largest absolute Gasteiger partial charge is 0.436 e. The Bertz CT molecular complexity index is 1470. The molecule has 2 aromatic heterocycles. The summed E-state index contributed by atoms with van der Waals surface area (Å²) >= 11 is 0. The molecule has 10 nitrogen and oxygen atoms in total. The molecule has 0 radical (unpaired) electrons. The van der Waals surface area contributed by atoms with Gasteiger partial charge in [0.15, 0.2) is 11.6 Å². The highest BCUT2D eigenvalue weighted by atomic mass is 19.1. The summed E-state index contributed by atoms with van der Waals surface area (Å²) in [6.07, 6.45) is 5.93. The predicted octanol–water partition coefficient (Wildman–Crippen LogP) is 4.70. The number of aromatic nitrogens is 3. The van der Waals surface area contributed by atoms with Crippen LogP contribution in [0.3, 0.4) is 0 Å². The van der Waals surface area contributed by atoms with Crippen LogP contribution in [0, 0.1) is 28.0 Å². The number of pyridine rings is 1. The van der Waals surface area contributed by atoms with Crippen molar-refractivity contribution < 1.29 is 13.9 Å². The number of nitriles is 1. The van der Waals surface area contributed by atoms with Gasteiger partial charge in [-0.15, -0.1) is 0 Å². The average Bonchev–Trinajstić information content (AvgIpc) is 2.92. The Hall–Kier alpha value is -4.85. The molecule has 4 N–H and O–H groups in total. The van der Waals surface area contributed by atoms with E-state index in [2.05, 4.69) is 20.3 Å². The van der Waals surface area contributed by atoms with Gasteiger partial charge >= 0.3 is 0 Å². The van der Waals surface area contributed by atoms with Gasteiger partial charge in [-0.05, 0) is 36.5 Å². The number of nitrogens with one attached hydrogen (secondary N) is 2. The number of allylic oxidation sites excluding steroid dienone is 1. The molecule has 0 aliphatic carbocycles. The lowest BCUT2D eigenvalue weighted by molar-refractivity contribution is -0.127. The van der Waals surface area contributed by atoms with Gasteiger partial charge in [0, 0.05) is 37.0 Å². The number of rotatable bonds is 7. The number of anilines is 2. The lowest BCUT2D eigenvalue weighted by atomic mass is 9.93. The Morgan fingerprint density at radius 1 is 1.25 bits per heavy atom. The van der Waals surface area contributed by atoms with Crippen LogP contribution in [0.5, 0.6) is 11.6 Å². The number of carbonyl (C=O) groups is 1. The third-order valence-electron chi connectivity index (χ3n) is 6.18. The second-order valence-electron chi connectivity index (χ2n) is 10.5. The molecule has 0 saturated carbocycles. The summed E-state index contributed by atoms with van der Waals surface area (Å²) in [6, 6.07) is 11.0. The summed E-state index contributed by atoms with van der Waals surface area (Å²) < 4.78 is 19.4. The van der Waals surface area contributed by atoms with Gasteiger partial charge < -0.3 is 20.7 Å². The lowest BCUT2D eigenvalue weighted by Gasteiger charge is -2.34. The van der Waals surface area contributed by atoms with Crippen LogP contribution in [0.4, 0.5) is 16.0 Å². The maximum atomic E-state index is 13.9. The van der Waals surface area contributed by atoms with Crippen molar-refractivity contribution in [3.63, 3.8) is 0 Å². The molecule has 11 heteroatoms. The number of benzene rings is 1. The van der Waals surface area contributed by atoms with Crippen LogP contribution in [0.2, 0.25) is 0 Å². The molecule has 206 valence electrons. The van der Waals surface area contributed by atoms with E-state index >= 15 is 0 Å². The molecule has 1 fully saturated rings. The van der Waals surface area contributed by atoms with Crippen LogP contribution >= 0.6 is 0 Å². The zero-order chi connectivity index (χ0) is 28.9. The van der Waals surface area contributed by atoms with Gasteiger partial charge in [-0.3, -0.25) is 10.2 Å². The van der Waals surface area contributed by atoms with Gasteiger partial charge in [-0.1, -0.05) is 39.0 Å². The third kappa shape index (κ3) is 6.77. The minimum Gasteiger partial charge on any atom is -0.436 e. The van der Waals surface area contributed by atoms with Gasteiger partial charge in [0.25, 0.3) is 5.91 Å². The summed E-state index contributed by atoms with van der Waals surface area (Å²) in [5.41, 5.74) is 6.75. The Morgan fingerprint density at radius 3 is 2.70 bits per heavy atom. The minimum absolute atomic E-state index is 0.0363. The van der Waals surface area contributed by atoms with Gasteiger partial charge in [0.1, 0.15) is 29.6 Å². The first-order valence-electron chi connectivity index (χ1n) is 12.8. The molecular weight excluding hydrogens is 511 g/mol. The molecule has 0 bridgehead atoms. The fourth-order valence-corrected chi connectivity index (χ4v) is 4.35. The average molecular weight is 543 g/mol. The van der Waals surface area contributed by atoms with Gasteiger partial charge in [-0.25, -0.2) is 19.3 Å².